The van der Waals surface area contributed by atoms with Gasteiger partial charge in [-0.05, 0) is 30.5 Å². The van der Waals surface area contributed by atoms with E-state index in [4.69, 9.17) is 18.9 Å². The number of hydrogen-bond acceptors (Lipinski definition) is 4. The summed E-state index contributed by atoms with van der Waals surface area (Å²) in [5.41, 5.74) is 1.22. The number of hydrogen-bond donors (Lipinski definition) is 0. The molecule has 108 valence electrons. The van der Waals surface area contributed by atoms with E-state index in [1.54, 1.807) is 14.2 Å². The molecule has 0 unspecified atom stereocenters. The van der Waals surface area contributed by atoms with Gasteiger partial charge in [0.05, 0.1) is 0 Å². The summed E-state index contributed by atoms with van der Waals surface area (Å²) in [6.07, 6.45) is 4.65. The number of unbranched alkanes of at least 4 members (excludes halogenated alkanes) is 2. The van der Waals surface area contributed by atoms with Crippen molar-refractivity contribution in [3.63, 3.8) is 0 Å². The normalized spacial score (nSPS) is 10.5. The van der Waals surface area contributed by atoms with Gasteiger partial charge in [0, 0.05) is 20.3 Å². The lowest BCUT2D eigenvalue weighted by Gasteiger charge is -2.11. The van der Waals surface area contributed by atoms with Crippen LogP contribution in [0.15, 0.2) is 18.2 Å². The molecule has 4 nitrogen and oxygen atoms in total. The maximum absolute atomic E-state index is 5.48. The second-order valence-corrected chi connectivity index (χ2v) is 4.37. The van der Waals surface area contributed by atoms with Gasteiger partial charge in [-0.2, -0.15) is 0 Å². The fourth-order valence-corrected chi connectivity index (χ4v) is 1.77. The maximum Gasteiger partial charge on any atom is 0.188 e. The Bertz CT molecular complexity index is 326. The molecular formula is C15H24O4. The molecule has 0 atom stereocenters. The summed E-state index contributed by atoms with van der Waals surface area (Å²) < 4.78 is 20.8. The smallest absolute Gasteiger partial charge is 0.188 e. The minimum Gasteiger partial charge on any atom is -0.467 e. The molecule has 0 amide bonds. The van der Waals surface area contributed by atoms with Gasteiger partial charge in [0.2, 0.25) is 0 Å². The van der Waals surface area contributed by atoms with Gasteiger partial charge in [-0.15, -0.1) is 0 Å². The van der Waals surface area contributed by atoms with Gasteiger partial charge in [-0.1, -0.05) is 19.8 Å². The van der Waals surface area contributed by atoms with E-state index >= 15 is 0 Å². The number of ether oxygens (including phenoxy) is 4. The third-order valence-corrected chi connectivity index (χ3v) is 2.70. The van der Waals surface area contributed by atoms with Gasteiger partial charge < -0.3 is 18.9 Å². The highest BCUT2D eigenvalue weighted by Crippen LogP contribution is 2.24. The largest absolute Gasteiger partial charge is 0.467 e. The van der Waals surface area contributed by atoms with Crippen molar-refractivity contribution < 1.29 is 18.9 Å². The Morgan fingerprint density at radius 3 is 1.89 bits per heavy atom. The quantitative estimate of drug-likeness (QED) is 0.481. The molecule has 19 heavy (non-hydrogen) atoms. The minimum absolute atomic E-state index is 0.238. The van der Waals surface area contributed by atoms with Crippen molar-refractivity contribution in [2.75, 3.05) is 27.8 Å². The van der Waals surface area contributed by atoms with Crippen molar-refractivity contribution in [2.45, 2.75) is 32.6 Å². The fourth-order valence-electron chi connectivity index (χ4n) is 1.77. The van der Waals surface area contributed by atoms with Crippen LogP contribution in [0.25, 0.3) is 0 Å². The van der Waals surface area contributed by atoms with Crippen molar-refractivity contribution in [3.05, 3.63) is 23.8 Å². The van der Waals surface area contributed by atoms with Crippen molar-refractivity contribution in [3.8, 4) is 11.5 Å². The number of methoxy groups -OCH3 is 2. The van der Waals surface area contributed by atoms with Crippen LogP contribution in [0, 0.1) is 0 Å². The monoisotopic (exact) mass is 268 g/mol. The highest BCUT2D eigenvalue weighted by molar-refractivity contribution is 5.38. The lowest BCUT2D eigenvalue weighted by Crippen LogP contribution is -2.02. The van der Waals surface area contributed by atoms with Crippen LogP contribution < -0.4 is 9.47 Å². The van der Waals surface area contributed by atoms with E-state index in [2.05, 4.69) is 6.92 Å². The number of rotatable bonds is 10. The fraction of sp³-hybridized carbons (Fsp3) is 0.600. The Morgan fingerprint density at radius 1 is 0.842 bits per heavy atom. The molecule has 0 aliphatic carbocycles. The molecule has 0 bridgehead atoms. The lowest BCUT2D eigenvalue weighted by atomic mass is 10.1. The molecule has 0 aliphatic rings. The van der Waals surface area contributed by atoms with Gasteiger partial charge in [-0.3, -0.25) is 0 Å². The van der Waals surface area contributed by atoms with Crippen LogP contribution in [-0.2, 0) is 15.9 Å². The van der Waals surface area contributed by atoms with E-state index in [1.165, 1.54) is 24.8 Å². The zero-order chi connectivity index (χ0) is 13.9. The molecular weight excluding hydrogens is 244 g/mol. The van der Waals surface area contributed by atoms with E-state index in [1.807, 2.05) is 18.2 Å². The molecule has 0 fully saturated rings. The lowest BCUT2D eigenvalue weighted by molar-refractivity contribution is 0.0459. The van der Waals surface area contributed by atoms with Gasteiger partial charge >= 0.3 is 0 Å². The number of aryl methyl sites for hydroxylation is 1. The average molecular weight is 268 g/mol. The highest BCUT2D eigenvalue weighted by atomic mass is 16.7. The predicted molar refractivity (Wildman–Crippen MR) is 74.7 cm³/mol. The summed E-state index contributed by atoms with van der Waals surface area (Å²) in [6.45, 7) is 2.68. The van der Waals surface area contributed by atoms with Crippen LogP contribution in [0.1, 0.15) is 31.7 Å². The Morgan fingerprint density at radius 2 is 1.42 bits per heavy atom. The maximum atomic E-state index is 5.48. The van der Waals surface area contributed by atoms with E-state index in [-0.39, 0.29) is 13.6 Å². The molecule has 0 spiro atoms. The van der Waals surface area contributed by atoms with Gasteiger partial charge in [0.1, 0.15) is 11.5 Å². The third kappa shape index (κ3) is 6.45. The molecule has 1 rings (SSSR count). The molecule has 1 aromatic rings. The molecule has 0 radical (unpaired) electrons. The van der Waals surface area contributed by atoms with Crippen LogP contribution in [0.4, 0.5) is 0 Å². The number of benzene rings is 1. The van der Waals surface area contributed by atoms with E-state index in [0.29, 0.717) is 0 Å². The molecule has 0 saturated heterocycles. The van der Waals surface area contributed by atoms with E-state index in [0.717, 1.165) is 17.9 Å². The van der Waals surface area contributed by atoms with Crippen LogP contribution >= 0.6 is 0 Å². The van der Waals surface area contributed by atoms with Gasteiger partial charge in [-0.25, -0.2) is 0 Å². The van der Waals surface area contributed by atoms with Crippen molar-refractivity contribution in [1.29, 1.82) is 0 Å². The first-order valence-electron chi connectivity index (χ1n) is 6.67. The summed E-state index contributed by atoms with van der Waals surface area (Å²) in [5.74, 6) is 1.53. The zero-order valence-corrected chi connectivity index (χ0v) is 12.1. The SMILES string of the molecule is CCCCCc1cc(OCOC)cc(OCOC)c1. The zero-order valence-electron chi connectivity index (χ0n) is 12.1. The highest BCUT2D eigenvalue weighted by Gasteiger charge is 2.04. The van der Waals surface area contributed by atoms with E-state index in [9.17, 15) is 0 Å². The molecule has 0 saturated carbocycles. The molecule has 0 aliphatic heterocycles. The van der Waals surface area contributed by atoms with Crippen LogP contribution in [0.3, 0.4) is 0 Å². The van der Waals surface area contributed by atoms with Crippen LogP contribution in [0.2, 0.25) is 0 Å². The van der Waals surface area contributed by atoms with Gasteiger partial charge in [0.15, 0.2) is 13.6 Å². The topological polar surface area (TPSA) is 36.9 Å². The molecule has 1 aromatic carbocycles. The molecule has 0 heterocycles. The summed E-state index contributed by atoms with van der Waals surface area (Å²) in [6, 6.07) is 5.92. The first-order valence-corrected chi connectivity index (χ1v) is 6.67. The standard InChI is InChI=1S/C15H24O4/c1-4-5-6-7-13-8-14(18-11-16-2)10-15(9-13)19-12-17-3/h8-10H,4-7,11-12H2,1-3H3. The van der Waals surface area contributed by atoms with Crippen molar-refractivity contribution >= 4 is 0 Å². The Hall–Kier alpha value is -1.26. The van der Waals surface area contributed by atoms with Crippen LogP contribution in [0.5, 0.6) is 11.5 Å². The summed E-state index contributed by atoms with van der Waals surface area (Å²) >= 11 is 0. The predicted octanol–water partition coefficient (Wildman–Crippen LogP) is 3.38. The molecule has 0 N–H and O–H groups in total. The van der Waals surface area contributed by atoms with Crippen molar-refractivity contribution in [1.82, 2.24) is 0 Å². The Labute approximate surface area is 115 Å². The second kappa shape index (κ2) is 9.64. The van der Waals surface area contributed by atoms with Gasteiger partial charge in [0.25, 0.3) is 0 Å². The Kier molecular flexibility index (Phi) is 8.02. The third-order valence-electron chi connectivity index (χ3n) is 2.70. The first-order chi connectivity index (χ1) is 9.30. The van der Waals surface area contributed by atoms with Crippen LogP contribution in [-0.4, -0.2) is 27.8 Å². The average Bonchev–Trinajstić information content (AvgIpc) is 2.43. The Balaban J connectivity index is 2.70. The summed E-state index contributed by atoms with van der Waals surface area (Å²) in [7, 11) is 3.21. The summed E-state index contributed by atoms with van der Waals surface area (Å²) in [5, 5.41) is 0. The first kappa shape index (κ1) is 15.8. The minimum atomic E-state index is 0.238. The van der Waals surface area contributed by atoms with Crippen molar-refractivity contribution in [2.24, 2.45) is 0 Å². The molecule has 0 aromatic heterocycles. The summed E-state index contributed by atoms with van der Waals surface area (Å²) in [4.78, 5) is 0. The molecule has 4 heteroatoms. The van der Waals surface area contributed by atoms with E-state index < -0.39 is 0 Å². The second-order valence-electron chi connectivity index (χ2n) is 4.37.